The Balaban J connectivity index is 2.44. The van der Waals surface area contributed by atoms with E-state index in [1.165, 1.54) is 7.11 Å². The summed E-state index contributed by atoms with van der Waals surface area (Å²) in [4.78, 5) is 0. The fraction of sp³-hybridized carbons (Fsp3) is 0.364. The number of sulfonamides is 1. The lowest BCUT2D eigenvalue weighted by molar-refractivity contribution is 0.417. The molecule has 0 aromatic heterocycles. The Labute approximate surface area is 106 Å². The van der Waals surface area contributed by atoms with Gasteiger partial charge in [0, 0.05) is 5.56 Å². The van der Waals surface area contributed by atoms with E-state index >= 15 is 0 Å². The molecule has 4 N–H and O–H groups in total. The van der Waals surface area contributed by atoms with Gasteiger partial charge in [-0.1, -0.05) is 6.07 Å². The topological polar surface area (TPSA) is 105 Å². The number of hydrogen-bond acceptors (Lipinski definition) is 4. The number of ether oxygens (including phenoxy) is 1. The van der Waals surface area contributed by atoms with Crippen LogP contribution in [0.15, 0.2) is 18.2 Å². The van der Waals surface area contributed by atoms with Crippen molar-refractivity contribution >= 4 is 21.5 Å². The van der Waals surface area contributed by atoms with E-state index in [4.69, 9.17) is 15.9 Å². The summed E-state index contributed by atoms with van der Waals surface area (Å²) in [7, 11) is -1.97. The van der Waals surface area contributed by atoms with Crippen LogP contribution in [0.2, 0.25) is 0 Å². The van der Waals surface area contributed by atoms with Crippen LogP contribution in [0.5, 0.6) is 5.75 Å². The first-order valence-corrected chi connectivity index (χ1v) is 7.03. The number of methoxy groups -OCH3 is 1. The molecule has 7 heteroatoms. The maximum absolute atomic E-state index is 11.9. The highest BCUT2D eigenvalue weighted by Gasteiger charge is 2.36. The lowest BCUT2D eigenvalue weighted by Gasteiger charge is -2.15. The summed E-state index contributed by atoms with van der Waals surface area (Å²) in [5.74, 6) is 0.148. The number of nitrogen functional groups attached to an aromatic ring is 1. The summed E-state index contributed by atoms with van der Waals surface area (Å²) < 4.78 is 31.4. The van der Waals surface area contributed by atoms with Crippen molar-refractivity contribution < 1.29 is 13.2 Å². The van der Waals surface area contributed by atoms with Crippen molar-refractivity contribution in [2.45, 2.75) is 18.1 Å². The van der Waals surface area contributed by atoms with E-state index < -0.39 is 10.0 Å². The number of benzene rings is 1. The molecule has 0 spiro atoms. The lowest BCUT2D eigenvalue weighted by atomic mass is 10.1. The zero-order chi connectivity index (χ0) is 13.3. The fourth-order valence-corrected chi connectivity index (χ4v) is 3.05. The zero-order valence-electron chi connectivity index (χ0n) is 9.93. The van der Waals surface area contributed by atoms with Crippen LogP contribution in [0.1, 0.15) is 18.4 Å². The van der Waals surface area contributed by atoms with Crippen molar-refractivity contribution in [3.05, 3.63) is 23.8 Å². The normalized spacial score (nSPS) is 15.2. The predicted molar refractivity (Wildman–Crippen MR) is 69.6 cm³/mol. The first-order valence-electron chi connectivity index (χ1n) is 5.48. The van der Waals surface area contributed by atoms with E-state index in [-0.39, 0.29) is 16.8 Å². The Hall–Kier alpha value is -1.76. The smallest absolute Gasteiger partial charge is 0.235 e. The van der Waals surface area contributed by atoms with Gasteiger partial charge in [-0.25, -0.2) is 8.42 Å². The van der Waals surface area contributed by atoms with Gasteiger partial charge in [0.15, 0.2) is 0 Å². The van der Waals surface area contributed by atoms with Gasteiger partial charge in [0.2, 0.25) is 10.0 Å². The maximum Gasteiger partial charge on any atom is 0.235 e. The third-order valence-electron chi connectivity index (χ3n) is 2.74. The fourth-order valence-electron chi connectivity index (χ4n) is 1.63. The summed E-state index contributed by atoms with van der Waals surface area (Å²) in [6.45, 7) is 0. The van der Waals surface area contributed by atoms with E-state index in [0.717, 1.165) is 0 Å². The molecule has 1 aliphatic carbocycles. The number of rotatable bonds is 5. The third kappa shape index (κ3) is 2.40. The van der Waals surface area contributed by atoms with Crippen LogP contribution in [0.4, 0.5) is 5.69 Å². The Morgan fingerprint density at radius 3 is 2.67 bits per heavy atom. The molecule has 98 valence electrons. The van der Waals surface area contributed by atoms with Gasteiger partial charge >= 0.3 is 0 Å². The van der Waals surface area contributed by atoms with Crippen LogP contribution in [0.3, 0.4) is 0 Å². The number of anilines is 1. The lowest BCUT2D eigenvalue weighted by Crippen LogP contribution is -2.21. The second-order valence-electron chi connectivity index (χ2n) is 4.14. The summed E-state index contributed by atoms with van der Waals surface area (Å²) in [5, 5.41) is 7.12. The molecular weight excluding hydrogens is 254 g/mol. The van der Waals surface area contributed by atoms with Gasteiger partial charge in [0.25, 0.3) is 0 Å². The first kappa shape index (κ1) is 12.7. The second kappa shape index (κ2) is 4.49. The van der Waals surface area contributed by atoms with Gasteiger partial charge in [-0.3, -0.25) is 10.1 Å². The summed E-state index contributed by atoms with van der Waals surface area (Å²) in [5.41, 5.74) is 6.00. The van der Waals surface area contributed by atoms with E-state index in [1.807, 2.05) is 0 Å². The van der Waals surface area contributed by atoms with E-state index in [1.54, 1.807) is 18.2 Å². The van der Waals surface area contributed by atoms with Gasteiger partial charge in [-0.15, -0.1) is 0 Å². The molecule has 1 aromatic rings. The molecule has 0 bridgehead atoms. The molecule has 1 aromatic carbocycles. The molecule has 2 rings (SSSR count). The zero-order valence-corrected chi connectivity index (χ0v) is 10.8. The SMILES string of the molecule is COc1cccc(C(=N)N)c1NS(=O)(=O)C1CC1. The maximum atomic E-state index is 11.9. The van der Waals surface area contributed by atoms with E-state index in [0.29, 0.717) is 24.2 Å². The molecule has 0 radical (unpaired) electrons. The van der Waals surface area contributed by atoms with Gasteiger partial charge in [-0.2, -0.15) is 0 Å². The van der Waals surface area contributed by atoms with Gasteiger partial charge in [0.05, 0.1) is 12.4 Å². The minimum atomic E-state index is -3.41. The van der Waals surface area contributed by atoms with Crippen LogP contribution in [0, 0.1) is 5.41 Å². The van der Waals surface area contributed by atoms with Crippen molar-refractivity contribution in [3.63, 3.8) is 0 Å². The van der Waals surface area contributed by atoms with Crippen LogP contribution in [0.25, 0.3) is 0 Å². The van der Waals surface area contributed by atoms with Crippen molar-refractivity contribution in [3.8, 4) is 5.75 Å². The molecular formula is C11H15N3O3S. The summed E-state index contributed by atoms with van der Waals surface area (Å²) in [6, 6.07) is 4.86. The van der Waals surface area contributed by atoms with Crippen molar-refractivity contribution in [2.75, 3.05) is 11.8 Å². The second-order valence-corrected chi connectivity index (χ2v) is 6.10. The predicted octanol–water partition coefficient (Wildman–Crippen LogP) is 0.883. The molecule has 0 aliphatic heterocycles. The molecule has 1 saturated carbocycles. The average molecular weight is 269 g/mol. The Bertz CT molecular complexity index is 579. The highest BCUT2D eigenvalue weighted by molar-refractivity contribution is 7.93. The number of nitrogens with two attached hydrogens (primary N) is 1. The molecule has 1 aliphatic rings. The van der Waals surface area contributed by atoms with E-state index in [2.05, 4.69) is 4.72 Å². The van der Waals surface area contributed by atoms with Crippen LogP contribution in [-0.2, 0) is 10.0 Å². The molecule has 0 atom stereocenters. The number of hydrogen-bond donors (Lipinski definition) is 3. The average Bonchev–Trinajstić information content (AvgIpc) is 3.12. The minimum Gasteiger partial charge on any atom is -0.495 e. The van der Waals surface area contributed by atoms with Crippen LogP contribution >= 0.6 is 0 Å². The minimum absolute atomic E-state index is 0.206. The largest absolute Gasteiger partial charge is 0.495 e. The van der Waals surface area contributed by atoms with Crippen molar-refractivity contribution in [2.24, 2.45) is 5.73 Å². The molecule has 0 heterocycles. The van der Waals surface area contributed by atoms with Crippen LogP contribution < -0.4 is 15.2 Å². The molecule has 0 saturated heterocycles. The highest BCUT2D eigenvalue weighted by atomic mass is 32.2. The molecule has 0 amide bonds. The van der Waals surface area contributed by atoms with Gasteiger partial charge in [0.1, 0.15) is 17.3 Å². The molecule has 1 fully saturated rings. The Morgan fingerprint density at radius 1 is 1.50 bits per heavy atom. The van der Waals surface area contributed by atoms with Crippen molar-refractivity contribution in [1.29, 1.82) is 5.41 Å². The number of para-hydroxylation sites is 1. The monoisotopic (exact) mass is 269 g/mol. The molecule has 0 unspecified atom stereocenters. The molecule has 18 heavy (non-hydrogen) atoms. The van der Waals surface area contributed by atoms with E-state index in [9.17, 15) is 8.42 Å². The quantitative estimate of drug-likeness (QED) is 0.545. The highest BCUT2D eigenvalue weighted by Crippen LogP contribution is 2.34. The third-order valence-corrected chi connectivity index (χ3v) is 4.58. The standard InChI is InChI=1S/C11H15N3O3S/c1-17-9-4-2-3-8(11(12)13)10(9)14-18(15,16)7-5-6-7/h2-4,7,14H,5-6H2,1H3,(H3,12,13). The Morgan fingerprint density at radius 2 is 2.17 bits per heavy atom. The van der Waals surface area contributed by atoms with Crippen LogP contribution in [-0.4, -0.2) is 26.6 Å². The number of amidine groups is 1. The van der Waals surface area contributed by atoms with Gasteiger partial charge < -0.3 is 10.5 Å². The molecule has 6 nitrogen and oxygen atoms in total. The summed E-state index contributed by atoms with van der Waals surface area (Å²) in [6.07, 6.45) is 1.33. The Kier molecular flexibility index (Phi) is 3.16. The summed E-state index contributed by atoms with van der Waals surface area (Å²) >= 11 is 0. The van der Waals surface area contributed by atoms with Crippen molar-refractivity contribution in [1.82, 2.24) is 0 Å². The van der Waals surface area contributed by atoms with Gasteiger partial charge in [-0.05, 0) is 25.0 Å². The number of nitrogens with one attached hydrogen (secondary N) is 2. The first-order chi connectivity index (χ1) is 8.45.